The molecule has 0 unspecified atom stereocenters. The summed E-state index contributed by atoms with van der Waals surface area (Å²) in [6, 6.07) is 0. The van der Waals surface area contributed by atoms with Gasteiger partial charge in [0.15, 0.2) is 11.3 Å². The van der Waals surface area contributed by atoms with Gasteiger partial charge >= 0.3 is 27.1 Å². The first kappa shape index (κ1) is 25.5. The number of carbonyl (C=O) groups excluding carboxylic acids is 2. The molecule has 0 aromatic heterocycles. The minimum atomic E-state index is -4.27. The van der Waals surface area contributed by atoms with Gasteiger partial charge in [0, 0.05) is 10.8 Å². The second kappa shape index (κ2) is 9.39. The van der Waals surface area contributed by atoms with Crippen molar-refractivity contribution in [3.8, 4) is 0 Å². The van der Waals surface area contributed by atoms with Crippen LogP contribution >= 0.6 is 15.2 Å². The van der Waals surface area contributed by atoms with E-state index in [0.29, 0.717) is 0 Å². The lowest BCUT2D eigenvalue weighted by Crippen LogP contribution is -2.47. The molecule has 0 spiro atoms. The molecule has 12 heteroatoms. The zero-order valence-electron chi connectivity index (χ0n) is 18.4. The molecule has 10 nitrogen and oxygen atoms in total. The number of esters is 2. The van der Waals surface area contributed by atoms with Gasteiger partial charge in [-0.2, -0.15) is 0 Å². The van der Waals surface area contributed by atoms with Gasteiger partial charge in [0.1, 0.15) is 0 Å². The zero-order valence-corrected chi connectivity index (χ0v) is 20.2. The van der Waals surface area contributed by atoms with E-state index in [1.807, 2.05) is 27.7 Å². The molecule has 2 aliphatic heterocycles. The largest absolute Gasteiger partial charge is 0.465 e. The van der Waals surface area contributed by atoms with E-state index in [0.717, 1.165) is 0 Å². The van der Waals surface area contributed by atoms with Crippen LogP contribution in [0.3, 0.4) is 0 Å². The summed E-state index contributed by atoms with van der Waals surface area (Å²) in [6.07, 6.45) is 0. The molecule has 2 fully saturated rings. The monoisotopic (exact) mass is 470 g/mol. The van der Waals surface area contributed by atoms with Gasteiger partial charge in [-0.3, -0.25) is 18.7 Å². The second-order valence-electron chi connectivity index (χ2n) is 8.90. The number of rotatable bonds is 7. The molecule has 0 amide bonds. The van der Waals surface area contributed by atoms with Crippen molar-refractivity contribution in [1.29, 1.82) is 0 Å². The lowest BCUT2D eigenvalue weighted by atomic mass is 9.97. The van der Waals surface area contributed by atoms with Crippen molar-refractivity contribution in [2.24, 2.45) is 10.8 Å². The summed E-state index contributed by atoms with van der Waals surface area (Å²) in [5, 5.41) is 0. The smallest absolute Gasteiger partial charge is 0.346 e. The van der Waals surface area contributed by atoms with E-state index in [-0.39, 0.29) is 39.6 Å². The van der Waals surface area contributed by atoms with Crippen molar-refractivity contribution in [3.05, 3.63) is 0 Å². The SMILES string of the molecule is CCOC(=O)[C@H]([C@H](C(=O)OCC)P1(=O)OCC(C)(C)CO1)P1(=O)OCC(C)(C)CO1. The summed E-state index contributed by atoms with van der Waals surface area (Å²) in [6.45, 7) is 10.3. The summed E-state index contributed by atoms with van der Waals surface area (Å²) in [5.74, 6) is -2.10. The van der Waals surface area contributed by atoms with E-state index in [9.17, 15) is 18.7 Å². The third-order valence-electron chi connectivity index (χ3n) is 4.58. The van der Waals surface area contributed by atoms with Crippen molar-refractivity contribution in [3.63, 3.8) is 0 Å². The fourth-order valence-corrected chi connectivity index (χ4v) is 8.34. The Morgan fingerprint density at radius 3 is 1.23 bits per heavy atom. The molecular weight excluding hydrogens is 438 g/mol. The summed E-state index contributed by atoms with van der Waals surface area (Å²) in [7, 11) is -8.54. The van der Waals surface area contributed by atoms with E-state index in [2.05, 4.69) is 0 Å². The Labute approximate surface area is 177 Å². The van der Waals surface area contributed by atoms with Crippen LogP contribution in [0.25, 0.3) is 0 Å². The summed E-state index contributed by atoms with van der Waals surface area (Å²) < 4.78 is 59.3. The standard InChI is InChI=1S/C18H32O10P2/c1-7-23-15(19)13(29(21)25-9-17(3,4)10-26-29)14(16(20)24-8-2)30(22)27-11-18(5,6)12-28-30/h13-14H,7-12H2,1-6H3/t13-,14+. The first-order valence-electron chi connectivity index (χ1n) is 9.90. The molecule has 2 saturated heterocycles. The Kier molecular flexibility index (Phi) is 7.98. The van der Waals surface area contributed by atoms with Crippen LogP contribution in [0.2, 0.25) is 0 Å². The number of hydrogen-bond acceptors (Lipinski definition) is 10. The normalized spacial score (nSPS) is 26.2. The van der Waals surface area contributed by atoms with Crippen LogP contribution in [0.4, 0.5) is 0 Å². The van der Waals surface area contributed by atoms with Crippen molar-refractivity contribution >= 4 is 27.1 Å². The lowest BCUT2D eigenvalue weighted by Gasteiger charge is -2.41. The molecule has 30 heavy (non-hydrogen) atoms. The molecule has 0 saturated carbocycles. The van der Waals surface area contributed by atoms with Gasteiger partial charge in [-0.25, -0.2) is 0 Å². The Balaban J connectivity index is 2.51. The molecule has 0 N–H and O–H groups in total. The summed E-state index contributed by atoms with van der Waals surface area (Å²) in [5.41, 5.74) is -4.61. The lowest BCUT2D eigenvalue weighted by molar-refractivity contribution is -0.150. The highest BCUT2D eigenvalue weighted by atomic mass is 31.2. The van der Waals surface area contributed by atoms with E-state index < -0.39 is 49.3 Å². The van der Waals surface area contributed by atoms with Crippen LogP contribution in [-0.4, -0.2) is 62.9 Å². The molecule has 2 aliphatic rings. The average Bonchev–Trinajstić information content (AvgIpc) is 2.65. The molecule has 0 aliphatic carbocycles. The minimum Gasteiger partial charge on any atom is -0.465 e. The van der Waals surface area contributed by atoms with E-state index in [1.54, 1.807) is 13.8 Å². The molecule has 0 aromatic carbocycles. The van der Waals surface area contributed by atoms with E-state index in [1.165, 1.54) is 0 Å². The molecule has 174 valence electrons. The highest BCUT2D eigenvalue weighted by Crippen LogP contribution is 2.67. The van der Waals surface area contributed by atoms with E-state index >= 15 is 0 Å². The fourth-order valence-electron chi connectivity index (χ4n) is 2.86. The number of hydrogen-bond donors (Lipinski definition) is 0. The quantitative estimate of drug-likeness (QED) is 0.404. The van der Waals surface area contributed by atoms with Gasteiger partial charge in [-0.1, -0.05) is 27.7 Å². The molecular formula is C18H32O10P2. The van der Waals surface area contributed by atoms with Crippen LogP contribution in [0, 0.1) is 10.8 Å². The molecule has 2 rings (SSSR count). The van der Waals surface area contributed by atoms with Crippen LogP contribution in [0.15, 0.2) is 0 Å². The Morgan fingerprint density at radius 1 is 0.733 bits per heavy atom. The maximum Gasteiger partial charge on any atom is 0.346 e. The fraction of sp³-hybridized carbons (Fsp3) is 0.889. The topological polar surface area (TPSA) is 124 Å². The maximum atomic E-state index is 13.6. The van der Waals surface area contributed by atoms with Gasteiger partial charge in [0.2, 0.25) is 0 Å². The number of carbonyl (C=O) groups is 2. The molecule has 0 bridgehead atoms. The molecule has 0 aromatic rings. The second-order valence-corrected chi connectivity index (χ2v) is 13.2. The van der Waals surface area contributed by atoms with Crippen LogP contribution in [-0.2, 0) is 46.3 Å². The van der Waals surface area contributed by atoms with Gasteiger partial charge in [0.25, 0.3) is 0 Å². The Hall–Kier alpha value is -0.760. The maximum absolute atomic E-state index is 13.6. The highest BCUT2D eigenvalue weighted by Gasteiger charge is 2.62. The van der Waals surface area contributed by atoms with E-state index in [4.69, 9.17) is 27.6 Å². The average molecular weight is 470 g/mol. The van der Waals surface area contributed by atoms with Gasteiger partial charge in [-0.15, -0.1) is 0 Å². The van der Waals surface area contributed by atoms with Crippen molar-refractivity contribution in [1.82, 2.24) is 0 Å². The minimum absolute atomic E-state index is 0.00871. The Bertz CT molecular complexity index is 657. The zero-order chi connectivity index (χ0) is 22.8. The third-order valence-corrected chi connectivity index (χ3v) is 9.15. The van der Waals surface area contributed by atoms with Crippen LogP contribution in [0.1, 0.15) is 41.5 Å². The first-order valence-corrected chi connectivity index (χ1v) is 13.1. The summed E-state index contributed by atoms with van der Waals surface area (Å²) in [4.78, 5) is 25.8. The number of ether oxygens (including phenoxy) is 2. The van der Waals surface area contributed by atoms with Crippen molar-refractivity contribution < 1.29 is 46.3 Å². The molecule has 0 radical (unpaired) electrons. The predicted molar refractivity (Wildman–Crippen MR) is 107 cm³/mol. The van der Waals surface area contributed by atoms with Crippen LogP contribution < -0.4 is 0 Å². The summed E-state index contributed by atoms with van der Waals surface area (Å²) >= 11 is 0. The third kappa shape index (κ3) is 5.72. The molecule has 2 heterocycles. The van der Waals surface area contributed by atoms with Crippen LogP contribution in [0.5, 0.6) is 0 Å². The van der Waals surface area contributed by atoms with Gasteiger partial charge in [0.05, 0.1) is 39.6 Å². The van der Waals surface area contributed by atoms with Crippen molar-refractivity contribution in [2.75, 3.05) is 39.6 Å². The van der Waals surface area contributed by atoms with Gasteiger partial charge in [-0.05, 0) is 13.8 Å². The Morgan fingerprint density at radius 2 is 1.00 bits per heavy atom. The van der Waals surface area contributed by atoms with Gasteiger partial charge < -0.3 is 27.6 Å². The highest BCUT2D eigenvalue weighted by molar-refractivity contribution is 7.60. The molecule has 2 atom stereocenters. The van der Waals surface area contributed by atoms with Crippen molar-refractivity contribution in [2.45, 2.75) is 52.9 Å². The predicted octanol–water partition coefficient (Wildman–Crippen LogP) is 3.38. The first-order chi connectivity index (χ1) is 13.8.